The molecule has 0 aromatic rings. The Morgan fingerprint density at radius 1 is 1.30 bits per heavy atom. The topological polar surface area (TPSA) is 63.0 Å². The van der Waals surface area contributed by atoms with Gasteiger partial charge in [0, 0.05) is 41.9 Å². The van der Waals surface area contributed by atoms with E-state index >= 15 is 0 Å². The molecule has 1 unspecified atom stereocenters. The van der Waals surface area contributed by atoms with E-state index in [1.165, 1.54) is 5.57 Å². The lowest BCUT2D eigenvalue weighted by Gasteiger charge is -2.45. The first-order valence-corrected chi connectivity index (χ1v) is 7.43. The Morgan fingerprint density at radius 2 is 2.10 bits per heavy atom. The van der Waals surface area contributed by atoms with E-state index in [2.05, 4.69) is 22.5 Å². The SMILES string of the molecule is CC1CC(=O)C2=C(C1)NC1=C(CN=N1)C21CCOCC1. The van der Waals surface area contributed by atoms with Crippen LogP contribution >= 0.6 is 0 Å². The van der Waals surface area contributed by atoms with Crippen LogP contribution in [0.5, 0.6) is 0 Å². The predicted octanol–water partition coefficient (Wildman–Crippen LogP) is 2.32. The number of rotatable bonds is 0. The lowest BCUT2D eigenvalue weighted by Crippen LogP contribution is -2.45. The quantitative estimate of drug-likeness (QED) is 0.736. The maximum absolute atomic E-state index is 12.7. The van der Waals surface area contributed by atoms with Crippen molar-refractivity contribution < 1.29 is 9.53 Å². The van der Waals surface area contributed by atoms with Gasteiger partial charge in [-0.3, -0.25) is 4.79 Å². The van der Waals surface area contributed by atoms with Crippen molar-refractivity contribution in [3.8, 4) is 0 Å². The molecule has 0 aromatic heterocycles. The number of dihydropyridines is 1. The number of ether oxygens (including phenoxy) is 1. The molecule has 0 aromatic carbocycles. The maximum Gasteiger partial charge on any atom is 0.161 e. The van der Waals surface area contributed by atoms with Crippen molar-refractivity contribution in [2.45, 2.75) is 32.6 Å². The second-order valence-electron chi connectivity index (χ2n) is 6.34. The number of hydrogen-bond donors (Lipinski definition) is 1. The number of fused-ring (bicyclic) bond motifs is 2. The molecule has 1 spiro atoms. The summed E-state index contributed by atoms with van der Waals surface area (Å²) < 4.78 is 5.54. The lowest BCUT2D eigenvalue weighted by molar-refractivity contribution is -0.118. The van der Waals surface area contributed by atoms with Gasteiger partial charge in [0.05, 0.1) is 6.54 Å². The lowest BCUT2D eigenvalue weighted by atomic mass is 9.62. The molecule has 1 N–H and O–H groups in total. The fraction of sp³-hybridized carbons (Fsp3) is 0.667. The van der Waals surface area contributed by atoms with Crippen LogP contribution < -0.4 is 5.32 Å². The van der Waals surface area contributed by atoms with E-state index in [1.54, 1.807) is 0 Å². The first-order valence-electron chi connectivity index (χ1n) is 7.43. The predicted molar refractivity (Wildman–Crippen MR) is 72.8 cm³/mol. The number of nitrogens with one attached hydrogen (secondary N) is 1. The van der Waals surface area contributed by atoms with Crippen LogP contribution in [0.15, 0.2) is 32.9 Å². The van der Waals surface area contributed by atoms with E-state index in [4.69, 9.17) is 4.74 Å². The largest absolute Gasteiger partial charge is 0.381 e. The summed E-state index contributed by atoms with van der Waals surface area (Å²) in [5.41, 5.74) is 3.16. The van der Waals surface area contributed by atoms with Crippen LogP contribution in [0, 0.1) is 11.3 Å². The zero-order chi connectivity index (χ0) is 13.7. The van der Waals surface area contributed by atoms with Crippen molar-refractivity contribution in [2.75, 3.05) is 19.8 Å². The van der Waals surface area contributed by atoms with E-state index in [1.807, 2.05) is 0 Å². The summed E-state index contributed by atoms with van der Waals surface area (Å²) in [6, 6.07) is 0. The van der Waals surface area contributed by atoms with Gasteiger partial charge >= 0.3 is 0 Å². The average molecular weight is 273 g/mol. The third kappa shape index (κ3) is 1.56. The zero-order valence-corrected chi connectivity index (χ0v) is 11.7. The highest BCUT2D eigenvalue weighted by Crippen LogP contribution is 2.53. The van der Waals surface area contributed by atoms with E-state index in [0.29, 0.717) is 24.7 Å². The van der Waals surface area contributed by atoms with Crippen molar-refractivity contribution >= 4 is 5.78 Å². The van der Waals surface area contributed by atoms with E-state index in [0.717, 1.165) is 49.6 Å². The van der Waals surface area contributed by atoms with Crippen molar-refractivity contribution in [1.29, 1.82) is 0 Å². The number of nitrogens with zero attached hydrogens (tertiary/aromatic N) is 2. The van der Waals surface area contributed by atoms with Gasteiger partial charge in [0.2, 0.25) is 0 Å². The number of carbonyl (C=O) groups is 1. The Hall–Kier alpha value is -1.49. The second-order valence-corrected chi connectivity index (χ2v) is 6.34. The normalized spacial score (nSPS) is 31.4. The van der Waals surface area contributed by atoms with Gasteiger partial charge in [0.1, 0.15) is 0 Å². The number of hydrogen-bond acceptors (Lipinski definition) is 5. The number of carbonyl (C=O) groups excluding carboxylic acids is 1. The number of azo groups is 1. The molecule has 20 heavy (non-hydrogen) atoms. The Balaban J connectivity index is 1.86. The zero-order valence-electron chi connectivity index (χ0n) is 11.7. The Labute approximate surface area is 118 Å². The van der Waals surface area contributed by atoms with E-state index in [9.17, 15) is 4.79 Å². The summed E-state index contributed by atoms with van der Waals surface area (Å²) >= 11 is 0. The summed E-state index contributed by atoms with van der Waals surface area (Å²) in [4.78, 5) is 12.7. The molecule has 3 aliphatic heterocycles. The summed E-state index contributed by atoms with van der Waals surface area (Å²) in [5, 5.41) is 11.8. The van der Waals surface area contributed by atoms with Gasteiger partial charge in [-0.15, -0.1) is 5.11 Å². The first-order chi connectivity index (χ1) is 9.71. The monoisotopic (exact) mass is 273 g/mol. The third-order valence-corrected chi connectivity index (χ3v) is 5.02. The minimum Gasteiger partial charge on any atom is -0.381 e. The summed E-state index contributed by atoms with van der Waals surface area (Å²) in [7, 11) is 0. The second kappa shape index (κ2) is 4.25. The highest BCUT2D eigenvalue weighted by Gasteiger charge is 2.50. The van der Waals surface area contributed by atoms with E-state index in [-0.39, 0.29) is 5.41 Å². The first kappa shape index (κ1) is 12.3. The molecule has 0 amide bonds. The number of allylic oxidation sites excluding steroid dienone is 2. The maximum atomic E-state index is 12.7. The number of ketones is 1. The molecule has 1 atom stereocenters. The van der Waals surface area contributed by atoms with Gasteiger partial charge < -0.3 is 10.1 Å². The van der Waals surface area contributed by atoms with Crippen LogP contribution in [0.25, 0.3) is 0 Å². The molecule has 1 aliphatic carbocycles. The standard InChI is InChI=1S/C15H19N3O2/c1-9-6-11-13(12(19)7-9)15(2-4-20-5-3-15)10-8-16-18-14(10)17-11/h9,17H,2-8H2,1H3. The molecular formula is C15H19N3O2. The van der Waals surface area contributed by atoms with Crippen LogP contribution in [0.3, 0.4) is 0 Å². The van der Waals surface area contributed by atoms with Crippen LogP contribution in [-0.4, -0.2) is 25.5 Å². The molecule has 1 saturated heterocycles. The fourth-order valence-corrected chi connectivity index (χ4v) is 4.13. The Kier molecular flexibility index (Phi) is 2.61. The summed E-state index contributed by atoms with van der Waals surface area (Å²) in [6.45, 7) is 4.20. The Bertz CT molecular complexity index is 568. The number of Topliss-reactive ketones (excluding diaryl/α,β-unsaturated/α-hetero) is 1. The molecule has 3 heterocycles. The molecule has 5 nitrogen and oxygen atoms in total. The van der Waals surface area contributed by atoms with Gasteiger partial charge in [-0.05, 0) is 25.2 Å². The van der Waals surface area contributed by atoms with Crippen LogP contribution in [0.1, 0.15) is 32.6 Å². The minimum atomic E-state index is -0.158. The van der Waals surface area contributed by atoms with Gasteiger partial charge in [0.15, 0.2) is 11.6 Å². The van der Waals surface area contributed by atoms with Crippen LogP contribution in [0.2, 0.25) is 0 Å². The highest BCUT2D eigenvalue weighted by atomic mass is 16.5. The van der Waals surface area contributed by atoms with Gasteiger partial charge in [-0.1, -0.05) is 6.92 Å². The van der Waals surface area contributed by atoms with Crippen molar-refractivity contribution in [2.24, 2.45) is 21.6 Å². The molecule has 4 aliphatic rings. The van der Waals surface area contributed by atoms with Crippen molar-refractivity contribution in [1.82, 2.24) is 5.32 Å². The molecule has 1 fully saturated rings. The Morgan fingerprint density at radius 3 is 2.90 bits per heavy atom. The minimum absolute atomic E-state index is 0.158. The highest BCUT2D eigenvalue weighted by molar-refractivity contribution is 5.99. The molecule has 106 valence electrons. The molecule has 4 rings (SSSR count). The third-order valence-electron chi connectivity index (χ3n) is 5.02. The smallest absolute Gasteiger partial charge is 0.161 e. The van der Waals surface area contributed by atoms with Gasteiger partial charge in [-0.2, -0.15) is 5.11 Å². The molecule has 0 saturated carbocycles. The summed E-state index contributed by atoms with van der Waals surface area (Å²) in [6.07, 6.45) is 3.38. The molecule has 5 heteroatoms. The van der Waals surface area contributed by atoms with Gasteiger partial charge in [-0.25, -0.2) is 0 Å². The van der Waals surface area contributed by atoms with Crippen molar-refractivity contribution in [3.63, 3.8) is 0 Å². The molecule has 0 bridgehead atoms. The van der Waals surface area contributed by atoms with Gasteiger partial charge in [0.25, 0.3) is 0 Å². The molecular weight excluding hydrogens is 254 g/mol. The van der Waals surface area contributed by atoms with E-state index < -0.39 is 0 Å². The summed E-state index contributed by atoms with van der Waals surface area (Å²) in [5.74, 6) is 1.62. The average Bonchev–Trinajstić information content (AvgIpc) is 2.88. The fourth-order valence-electron chi connectivity index (χ4n) is 4.13. The van der Waals surface area contributed by atoms with Crippen LogP contribution in [-0.2, 0) is 9.53 Å². The van der Waals surface area contributed by atoms with Crippen molar-refractivity contribution in [3.05, 3.63) is 22.7 Å². The van der Waals surface area contributed by atoms with Crippen LogP contribution in [0.4, 0.5) is 0 Å². The molecule has 0 radical (unpaired) electrons.